The zero-order chi connectivity index (χ0) is 19.8. The summed E-state index contributed by atoms with van der Waals surface area (Å²) < 4.78 is 74.6. The predicted octanol–water partition coefficient (Wildman–Crippen LogP) is 3.87. The van der Waals surface area contributed by atoms with Crippen molar-refractivity contribution in [3.8, 4) is 0 Å². The lowest BCUT2D eigenvalue weighted by molar-refractivity contribution is -0.143. The minimum absolute atomic E-state index is 0. The van der Waals surface area contributed by atoms with E-state index in [4.69, 9.17) is 0 Å². The van der Waals surface area contributed by atoms with E-state index in [1.807, 2.05) is 0 Å². The van der Waals surface area contributed by atoms with Gasteiger partial charge in [-0.15, -0.1) is 24.0 Å². The monoisotopic (exact) mass is 512 g/mol. The van der Waals surface area contributed by atoms with Gasteiger partial charge < -0.3 is 10.6 Å². The Morgan fingerprint density at radius 3 is 2.33 bits per heavy atom. The summed E-state index contributed by atoms with van der Waals surface area (Å²) in [7, 11) is 2.88. The molecule has 0 amide bonds. The number of hydrogen-bond donors (Lipinski definition) is 2. The molecule has 27 heavy (non-hydrogen) atoms. The number of aliphatic imine (C=N–C) groups is 1. The fourth-order valence-corrected chi connectivity index (χ4v) is 2.20. The number of alkyl halides is 6. The topological polar surface area (TPSA) is 39.7 Å². The fourth-order valence-electron chi connectivity index (χ4n) is 2.20. The Hall–Kier alpha value is -1.24. The Morgan fingerprint density at radius 1 is 1.11 bits per heavy atom. The van der Waals surface area contributed by atoms with Crippen molar-refractivity contribution >= 4 is 29.9 Å². The van der Waals surface area contributed by atoms with Crippen LogP contribution in [0.1, 0.15) is 17.5 Å². The summed E-state index contributed by atoms with van der Waals surface area (Å²) in [5.74, 6) is 0.362. The SMILES string of the molecule is CN=C(NCCCN(C)CC(F)(F)F)NCc1cccc(C(F)(F)F)c1.I. The van der Waals surface area contributed by atoms with E-state index in [1.165, 1.54) is 25.1 Å². The van der Waals surface area contributed by atoms with Gasteiger partial charge >= 0.3 is 12.4 Å². The lowest BCUT2D eigenvalue weighted by Gasteiger charge is -2.19. The largest absolute Gasteiger partial charge is 0.416 e. The van der Waals surface area contributed by atoms with Gasteiger partial charge in [0.25, 0.3) is 0 Å². The average Bonchev–Trinajstić information content (AvgIpc) is 2.52. The molecule has 0 radical (unpaired) electrons. The molecule has 0 spiro atoms. The second-order valence-corrected chi connectivity index (χ2v) is 5.76. The van der Waals surface area contributed by atoms with Gasteiger partial charge in [-0.05, 0) is 37.7 Å². The second-order valence-electron chi connectivity index (χ2n) is 5.76. The first-order valence-corrected chi connectivity index (χ1v) is 7.87. The number of nitrogens with one attached hydrogen (secondary N) is 2. The Kier molecular flexibility index (Phi) is 11.0. The first kappa shape index (κ1) is 25.8. The average molecular weight is 512 g/mol. The van der Waals surface area contributed by atoms with E-state index in [0.29, 0.717) is 24.5 Å². The van der Waals surface area contributed by atoms with Gasteiger partial charge in [0.05, 0.1) is 12.1 Å². The van der Waals surface area contributed by atoms with Gasteiger partial charge in [0, 0.05) is 20.1 Å². The van der Waals surface area contributed by atoms with Crippen molar-refractivity contribution in [2.24, 2.45) is 4.99 Å². The molecule has 11 heteroatoms. The molecule has 0 saturated heterocycles. The lowest BCUT2D eigenvalue weighted by Crippen LogP contribution is -2.39. The molecule has 1 aromatic rings. The van der Waals surface area contributed by atoms with Gasteiger partial charge in [-0.25, -0.2) is 0 Å². The van der Waals surface area contributed by atoms with Gasteiger partial charge in [0.2, 0.25) is 0 Å². The van der Waals surface area contributed by atoms with Crippen molar-refractivity contribution in [1.82, 2.24) is 15.5 Å². The lowest BCUT2D eigenvalue weighted by atomic mass is 10.1. The van der Waals surface area contributed by atoms with Crippen LogP contribution in [0, 0.1) is 0 Å². The van der Waals surface area contributed by atoms with Gasteiger partial charge in [0.15, 0.2) is 5.96 Å². The van der Waals surface area contributed by atoms with Crippen molar-refractivity contribution in [1.29, 1.82) is 0 Å². The van der Waals surface area contributed by atoms with Crippen LogP contribution in [0.4, 0.5) is 26.3 Å². The molecule has 0 aliphatic rings. The normalized spacial score (nSPS) is 12.7. The molecule has 1 aromatic carbocycles. The second kappa shape index (κ2) is 11.6. The molecule has 0 heterocycles. The summed E-state index contributed by atoms with van der Waals surface area (Å²) in [4.78, 5) is 5.10. The van der Waals surface area contributed by atoms with Crippen LogP contribution in [0.15, 0.2) is 29.3 Å². The minimum atomic E-state index is -4.40. The Balaban J connectivity index is 0.00000676. The summed E-state index contributed by atoms with van der Waals surface area (Å²) in [6.45, 7) is -0.214. The number of halogens is 7. The van der Waals surface area contributed by atoms with Crippen LogP contribution in [0.25, 0.3) is 0 Å². The third-order valence-electron chi connectivity index (χ3n) is 3.40. The number of benzene rings is 1. The summed E-state index contributed by atoms with van der Waals surface area (Å²) in [5, 5.41) is 5.78. The van der Waals surface area contributed by atoms with Crippen molar-refractivity contribution in [3.05, 3.63) is 35.4 Å². The summed E-state index contributed by atoms with van der Waals surface area (Å²) >= 11 is 0. The van der Waals surface area contributed by atoms with Crippen molar-refractivity contribution in [2.45, 2.75) is 25.3 Å². The highest BCUT2D eigenvalue weighted by molar-refractivity contribution is 14.0. The highest BCUT2D eigenvalue weighted by atomic mass is 127. The van der Waals surface area contributed by atoms with Crippen LogP contribution in [-0.2, 0) is 12.7 Å². The van der Waals surface area contributed by atoms with Gasteiger partial charge in [-0.2, -0.15) is 26.3 Å². The van der Waals surface area contributed by atoms with Crippen LogP contribution < -0.4 is 10.6 Å². The van der Waals surface area contributed by atoms with Gasteiger partial charge in [-0.3, -0.25) is 9.89 Å². The van der Waals surface area contributed by atoms with Crippen molar-refractivity contribution < 1.29 is 26.3 Å². The van der Waals surface area contributed by atoms with E-state index in [1.54, 1.807) is 6.07 Å². The molecule has 1 rings (SSSR count). The predicted molar refractivity (Wildman–Crippen MR) is 103 cm³/mol. The van der Waals surface area contributed by atoms with E-state index in [-0.39, 0.29) is 37.1 Å². The first-order chi connectivity index (χ1) is 12.0. The fraction of sp³-hybridized carbons (Fsp3) is 0.562. The molecule has 0 aromatic heterocycles. The molecule has 156 valence electrons. The molecule has 0 bridgehead atoms. The smallest absolute Gasteiger partial charge is 0.356 e. The van der Waals surface area contributed by atoms with E-state index in [2.05, 4.69) is 15.6 Å². The first-order valence-electron chi connectivity index (χ1n) is 7.87. The number of nitrogens with zero attached hydrogens (tertiary/aromatic N) is 2. The van der Waals surface area contributed by atoms with E-state index >= 15 is 0 Å². The molecule has 0 fully saturated rings. The highest BCUT2D eigenvalue weighted by Gasteiger charge is 2.30. The molecule has 2 N–H and O–H groups in total. The number of guanidine groups is 1. The zero-order valence-corrected chi connectivity index (χ0v) is 17.2. The van der Waals surface area contributed by atoms with Crippen LogP contribution in [0.2, 0.25) is 0 Å². The molecule has 0 aliphatic carbocycles. The van der Waals surface area contributed by atoms with E-state index < -0.39 is 24.5 Å². The Morgan fingerprint density at radius 2 is 1.78 bits per heavy atom. The van der Waals surface area contributed by atoms with Crippen LogP contribution in [-0.4, -0.2) is 50.8 Å². The van der Waals surface area contributed by atoms with Gasteiger partial charge in [-0.1, -0.05) is 12.1 Å². The van der Waals surface area contributed by atoms with Gasteiger partial charge in [0.1, 0.15) is 0 Å². The zero-order valence-electron chi connectivity index (χ0n) is 14.9. The maximum absolute atomic E-state index is 12.7. The third-order valence-corrected chi connectivity index (χ3v) is 3.40. The molecule has 0 saturated carbocycles. The summed E-state index contributed by atoms with van der Waals surface area (Å²) in [6, 6.07) is 4.93. The maximum atomic E-state index is 12.7. The molecular weight excluding hydrogens is 489 g/mol. The number of rotatable bonds is 7. The Labute approximate surface area is 171 Å². The third kappa shape index (κ3) is 11.3. The van der Waals surface area contributed by atoms with Crippen molar-refractivity contribution in [2.75, 3.05) is 33.7 Å². The molecule has 4 nitrogen and oxygen atoms in total. The quantitative estimate of drug-likeness (QED) is 0.192. The van der Waals surface area contributed by atoms with Crippen molar-refractivity contribution in [3.63, 3.8) is 0 Å². The van der Waals surface area contributed by atoms with E-state index in [0.717, 1.165) is 12.1 Å². The highest BCUT2D eigenvalue weighted by Crippen LogP contribution is 2.29. The van der Waals surface area contributed by atoms with Crippen LogP contribution >= 0.6 is 24.0 Å². The molecule has 0 aliphatic heterocycles. The number of hydrogen-bond acceptors (Lipinski definition) is 2. The minimum Gasteiger partial charge on any atom is -0.356 e. The molecule has 0 atom stereocenters. The standard InChI is InChI=1S/C16H22F6N4.HI/c1-23-14(24-7-4-8-26(2)11-15(17,18)19)25-10-12-5-3-6-13(9-12)16(20,21)22;/h3,5-6,9H,4,7-8,10-11H2,1-2H3,(H2,23,24,25);1H. The Bertz CT molecular complexity index is 589. The molecular formula is C16H23F6IN4. The summed E-state index contributed by atoms with van der Waals surface area (Å²) in [5.41, 5.74) is -0.292. The maximum Gasteiger partial charge on any atom is 0.416 e. The van der Waals surface area contributed by atoms with Crippen LogP contribution in [0.3, 0.4) is 0 Å². The summed E-state index contributed by atoms with van der Waals surface area (Å²) in [6.07, 6.45) is -8.18. The molecule has 0 unspecified atom stereocenters. The van der Waals surface area contributed by atoms with E-state index in [9.17, 15) is 26.3 Å². The van der Waals surface area contributed by atoms with Crippen LogP contribution in [0.5, 0.6) is 0 Å².